The molecule has 0 radical (unpaired) electrons. The molecule has 2 rings (SSSR count). The molecule has 1 unspecified atom stereocenters. The second-order valence-electron chi connectivity index (χ2n) is 4.76. The van der Waals surface area contributed by atoms with Crippen molar-refractivity contribution in [2.75, 3.05) is 18.1 Å². The maximum absolute atomic E-state index is 6.11. The fraction of sp³-hybridized carbons (Fsp3) is 0.600. The fourth-order valence-electron chi connectivity index (χ4n) is 2.41. The van der Waals surface area contributed by atoms with E-state index in [1.807, 2.05) is 11.8 Å². The Labute approximate surface area is 114 Å². The first-order valence-corrected chi connectivity index (χ1v) is 8.05. The van der Waals surface area contributed by atoms with Crippen molar-refractivity contribution < 1.29 is 4.74 Å². The van der Waals surface area contributed by atoms with Crippen LogP contribution in [-0.4, -0.2) is 18.1 Å². The molecule has 0 bridgehead atoms. The van der Waals surface area contributed by atoms with E-state index in [1.54, 1.807) is 0 Å². The highest BCUT2D eigenvalue weighted by atomic mass is 32.2. The molecule has 1 aliphatic rings. The van der Waals surface area contributed by atoms with Gasteiger partial charge in [0.2, 0.25) is 0 Å². The maximum Gasteiger partial charge on any atom is 0.119 e. The Morgan fingerprint density at radius 2 is 2.33 bits per heavy atom. The predicted molar refractivity (Wildman–Crippen MR) is 79.4 cm³/mol. The second-order valence-corrected chi connectivity index (χ2v) is 6.15. The normalized spacial score (nSPS) is 18.4. The Morgan fingerprint density at radius 1 is 1.44 bits per heavy atom. The number of benzene rings is 1. The van der Waals surface area contributed by atoms with Gasteiger partial charge in [0.05, 0.1) is 6.61 Å². The van der Waals surface area contributed by atoms with E-state index in [1.165, 1.54) is 29.1 Å². The van der Waals surface area contributed by atoms with E-state index in [-0.39, 0.29) is 6.04 Å². The third-order valence-corrected chi connectivity index (χ3v) is 4.37. The van der Waals surface area contributed by atoms with Crippen molar-refractivity contribution in [3.05, 3.63) is 29.3 Å². The Balaban J connectivity index is 1.87. The molecular weight excluding hydrogens is 242 g/mol. The van der Waals surface area contributed by atoms with Crippen molar-refractivity contribution in [2.24, 2.45) is 5.73 Å². The lowest BCUT2D eigenvalue weighted by Gasteiger charge is -2.22. The van der Waals surface area contributed by atoms with E-state index in [9.17, 15) is 0 Å². The van der Waals surface area contributed by atoms with E-state index in [0.29, 0.717) is 0 Å². The first kappa shape index (κ1) is 13.8. The van der Waals surface area contributed by atoms with Crippen LogP contribution < -0.4 is 10.5 Å². The highest BCUT2D eigenvalue weighted by Gasteiger charge is 2.16. The molecule has 1 atom stereocenters. The number of thioether (sulfide) groups is 1. The van der Waals surface area contributed by atoms with Crippen molar-refractivity contribution >= 4 is 11.8 Å². The molecule has 0 fully saturated rings. The SMILES string of the molecule is CCSCCCOc1ccc2c(c1)CCCC2N. The van der Waals surface area contributed by atoms with Gasteiger partial charge in [-0.25, -0.2) is 0 Å². The molecule has 0 aromatic heterocycles. The van der Waals surface area contributed by atoms with Crippen LogP contribution >= 0.6 is 11.8 Å². The number of hydrogen-bond donors (Lipinski definition) is 1. The van der Waals surface area contributed by atoms with Crippen molar-refractivity contribution in [3.8, 4) is 5.75 Å². The van der Waals surface area contributed by atoms with Crippen LogP contribution in [0, 0.1) is 0 Å². The van der Waals surface area contributed by atoms with Gasteiger partial charge in [0.1, 0.15) is 5.75 Å². The molecule has 0 saturated heterocycles. The zero-order valence-electron chi connectivity index (χ0n) is 11.2. The van der Waals surface area contributed by atoms with Gasteiger partial charge in [-0.15, -0.1) is 0 Å². The molecular formula is C15H23NOS. The predicted octanol–water partition coefficient (Wildman–Crippen LogP) is 3.54. The lowest BCUT2D eigenvalue weighted by Crippen LogP contribution is -2.17. The lowest BCUT2D eigenvalue weighted by molar-refractivity contribution is 0.318. The third-order valence-electron chi connectivity index (χ3n) is 3.38. The molecule has 100 valence electrons. The zero-order valence-corrected chi connectivity index (χ0v) is 12.0. The lowest BCUT2D eigenvalue weighted by atomic mass is 9.88. The van der Waals surface area contributed by atoms with Gasteiger partial charge in [-0.2, -0.15) is 11.8 Å². The van der Waals surface area contributed by atoms with Crippen LogP contribution in [0.4, 0.5) is 0 Å². The molecule has 0 spiro atoms. The monoisotopic (exact) mass is 265 g/mol. The Hall–Kier alpha value is -0.670. The number of aryl methyl sites for hydroxylation is 1. The van der Waals surface area contributed by atoms with Crippen LogP contribution in [0.15, 0.2) is 18.2 Å². The minimum atomic E-state index is 0.226. The summed E-state index contributed by atoms with van der Waals surface area (Å²) in [5.41, 5.74) is 8.81. The summed E-state index contributed by atoms with van der Waals surface area (Å²) in [4.78, 5) is 0. The summed E-state index contributed by atoms with van der Waals surface area (Å²) >= 11 is 1.97. The standard InChI is InChI=1S/C15H23NOS/c1-2-18-10-4-9-17-13-7-8-14-12(11-13)5-3-6-15(14)16/h7-8,11,15H,2-6,9-10,16H2,1H3. The highest BCUT2D eigenvalue weighted by molar-refractivity contribution is 7.99. The van der Waals surface area contributed by atoms with Crippen molar-refractivity contribution in [1.29, 1.82) is 0 Å². The summed E-state index contributed by atoms with van der Waals surface area (Å²) in [6.45, 7) is 3.01. The van der Waals surface area contributed by atoms with Crippen LogP contribution in [0.3, 0.4) is 0 Å². The maximum atomic E-state index is 6.11. The first-order chi connectivity index (χ1) is 8.81. The van der Waals surface area contributed by atoms with E-state index in [0.717, 1.165) is 31.6 Å². The quantitative estimate of drug-likeness (QED) is 0.799. The largest absolute Gasteiger partial charge is 0.494 e. The molecule has 1 aromatic carbocycles. The first-order valence-electron chi connectivity index (χ1n) is 6.90. The van der Waals surface area contributed by atoms with E-state index in [2.05, 4.69) is 25.1 Å². The third kappa shape index (κ3) is 3.66. The summed E-state index contributed by atoms with van der Waals surface area (Å²) in [7, 11) is 0. The van der Waals surface area contributed by atoms with Crippen molar-refractivity contribution in [1.82, 2.24) is 0 Å². The van der Waals surface area contributed by atoms with E-state index in [4.69, 9.17) is 10.5 Å². The van der Waals surface area contributed by atoms with E-state index >= 15 is 0 Å². The molecule has 18 heavy (non-hydrogen) atoms. The fourth-order valence-corrected chi connectivity index (χ4v) is 3.02. The number of rotatable bonds is 6. The summed E-state index contributed by atoms with van der Waals surface area (Å²) in [6.07, 6.45) is 4.58. The van der Waals surface area contributed by atoms with Gasteiger partial charge in [0, 0.05) is 6.04 Å². The van der Waals surface area contributed by atoms with Gasteiger partial charge in [-0.05, 0) is 60.4 Å². The van der Waals surface area contributed by atoms with E-state index < -0.39 is 0 Å². The average molecular weight is 265 g/mol. The Kier molecular flexibility index (Phi) is 5.39. The highest BCUT2D eigenvalue weighted by Crippen LogP contribution is 2.30. The number of nitrogens with two attached hydrogens (primary N) is 1. The van der Waals surface area contributed by atoms with Gasteiger partial charge >= 0.3 is 0 Å². The molecule has 1 aliphatic carbocycles. The van der Waals surface area contributed by atoms with Gasteiger partial charge < -0.3 is 10.5 Å². The van der Waals surface area contributed by atoms with Crippen LogP contribution in [0.5, 0.6) is 5.75 Å². The second kappa shape index (κ2) is 7.05. The zero-order chi connectivity index (χ0) is 12.8. The molecule has 1 aromatic rings. The van der Waals surface area contributed by atoms with Gasteiger partial charge in [0.25, 0.3) is 0 Å². The molecule has 2 nitrogen and oxygen atoms in total. The molecule has 0 amide bonds. The summed E-state index contributed by atoms with van der Waals surface area (Å²) < 4.78 is 5.80. The number of fused-ring (bicyclic) bond motifs is 1. The molecule has 0 heterocycles. The van der Waals surface area contributed by atoms with Crippen LogP contribution in [0.25, 0.3) is 0 Å². The van der Waals surface area contributed by atoms with Crippen LogP contribution in [-0.2, 0) is 6.42 Å². The minimum Gasteiger partial charge on any atom is -0.494 e. The molecule has 0 aliphatic heterocycles. The number of ether oxygens (including phenoxy) is 1. The number of hydrogen-bond acceptors (Lipinski definition) is 3. The van der Waals surface area contributed by atoms with Crippen molar-refractivity contribution in [2.45, 2.75) is 38.6 Å². The van der Waals surface area contributed by atoms with Crippen LogP contribution in [0.1, 0.15) is 43.4 Å². The van der Waals surface area contributed by atoms with Gasteiger partial charge in [-0.3, -0.25) is 0 Å². The van der Waals surface area contributed by atoms with Gasteiger partial charge in [-0.1, -0.05) is 13.0 Å². The molecule has 0 saturated carbocycles. The molecule has 3 heteroatoms. The van der Waals surface area contributed by atoms with Gasteiger partial charge in [0.15, 0.2) is 0 Å². The Morgan fingerprint density at radius 3 is 3.17 bits per heavy atom. The topological polar surface area (TPSA) is 35.2 Å². The summed E-state index contributed by atoms with van der Waals surface area (Å²) in [5.74, 6) is 3.38. The Bertz CT molecular complexity index is 381. The van der Waals surface area contributed by atoms with Crippen LogP contribution in [0.2, 0.25) is 0 Å². The average Bonchev–Trinajstić information content (AvgIpc) is 2.39. The minimum absolute atomic E-state index is 0.226. The summed E-state index contributed by atoms with van der Waals surface area (Å²) in [5, 5.41) is 0. The molecule has 2 N–H and O–H groups in total. The summed E-state index contributed by atoms with van der Waals surface area (Å²) in [6, 6.07) is 6.62. The smallest absolute Gasteiger partial charge is 0.119 e. The van der Waals surface area contributed by atoms with Crippen molar-refractivity contribution in [3.63, 3.8) is 0 Å².